The lowest BCUT2D eigenvalue weighted by molar-refractivity contribution is 0.0636. The minimum absolute atomic E-state index is 0.339. The molecule has 0 aromatic heterocycles. The van der Waals surface area contributed by atoms with Crippen LogP contribution in [0.3, 0.4) is 0 Å². The van der Waals surface area contributed by atoms with Crippen LogP contribution in [0.1, 0.15) is 58.6 Å². The van der Waals surface area contributed by atoms with E-state index in [1.54, 1.807) is 0 Å². The third kappa shape index (κ3) is 5.05. The first-order valence-electron chi connectivity index (χ1n) is 7.69. The fourth-order valence-electron chi connectivity index (χ4n) is 2.30. The van der Waals surface area contributed by atoms with Crippen molar-refractivity contribution in [2.24, 2.45) is 0 Å². The molecule has 1 aliphatic rings. The molecule has 0 heterocycles. The van der Waals surface area contributed by atoms with Gasteiger partial charge in [-0.3, -0.25) is 5.32 Å². The number of carbonyl (C=O) groups excluding carboxylic acids is 1. The Bertz CT molecular complexity index is 473. The van der Waals surface area contributed by atoms with Gasteiger partial charge in [-0.05, 0) is 58.2 Å². The second-order valence-corrected chi connectivity index (χ2v) is 6.77. The van der Waals surface area contributed by atoms with E-state index in [1.165, 1.54) is 24.8 Å². The summed E-state index contributed by atoms with van der Waals surface area (Å²) in [6.45, 7) is 7.73. The van der Waals surface area contributed by atoms with E-state index in [0.717, 1.165) is 5.69 Å². The number of amides is 1. The van der Waals surface area contributed by atoms with Gasteiger partial charge in [0.1, 0.15) is 5.60 Å². The zero-order valence-electron chi connectivity index (χ0n) is 13.4. The number of hydrogen-bond donors (Lipinski definition) is 2. The van der Waals surface area contributed by atoms with Crippen LogP contribution in [0.25, 0.3) is 0 Å². The molecular formula is C17H26N2O2. The Morgan fingerprint density at radius 1 is 1.24 bits per heavy atom. The maximum Gasteiger partial charge on any atom is 0.412 e. The molecule has 1 aliphatic carbocycles. The second kappa shape index (κ2) is 6.48. The van der Waals surface area contributed by atoms with Crippen molar-refractivity contribution in [2.45, 2.75) is 64.6 Å². The van der Waals surface area contributed by atoms with Gasteiger partial charge < -0.3 is 10.1 Å². The zero-order valence-corrected chi connectivity index (χ0v) is 13.4. The monoisotopic (exact) mass is 290 g/mol. The molecule has 0 saturated heterocycles. The Labute approximate surface area is 127 Å². The van der Waals surface area contributed by atoms with Gasteiger partial charge in [0, 0.05) is 17.8 Å². The fourth-order valence-corrected chi connectivity index (χ4v) is 2.30. The number of rotatable bonds is 4. The molecule has 1 saturated carbocycles. The molecule has 0 radical (unpaired) electrons. The van der Waals surface area contributed by atoms with Gasteiger partial charge in [-0.2, -0.15) is 0 Å². The van der Waals surface area contributed by atoms with Crippen LogP contribution in [0.15, 0.2) is 24.3 Å². The summed E-state index contributed by atoms with van der Waals surface area (Å²) in [5, 5.41) is 6.36. The Hall–Kier alpha value is -1.55. The number of benzene rings is 1. The lowest BCUT2D eigenvalue weighted by Gasteiger charge is -2.30. The summed E-state index contributed by atoms with van der Waals surface area (Å²) in [6, 6.07) is 8.92. The molecule has 116 valence electrons. The third-order valence-corrected chi connectivity index (χ3v) is 3.65. The van der Waals surface area contributed by atoms with Gasteiger partial charge in [0.05, 0.1) is 0 Å². The molecule has 1 aromatic rings. The summed E-state index contributed by atoms with van der Waals surface area (Å²) in [6.07, 6.45) is 3.48. The molecule has 1 amide bonds. The SMILES string of the molecule is CC(NC1CCC1)c1ccc(NC(=O)OC(C)(C)C)cc1. The highest BCUT2D eigenvalue weighted by Crippen LogP contribution is 2.23. The Kier molecular flexibility index (Phi) is 4.88. The summed E-state index contributed by atoms with van der Waals surface area (Å²) in [5.41, 5.74) is 1.51. The second-order valence-electron chi connectivity index (χ2n) is 6.77. The lowest BCUT2D eigenvalue weighted by atomic mass is 9.92. The minimum Gasteiger partial charge on any atom is -0.444 e. The van der Waals surface area contributed by atoms with Crippen LogP contribution < -0.4 is 10.6 Å². The molecule has 2 N–H and O–H groups in total. The quantitative estimate of drug-likeness (QED) is 0.872. The van der Waals surface area contributed by atoms with Gasteiger partial charge in [-0.1, -0.05) is 18.6 Å². The van der Waals surface area contributed by atoms with Crippen LogP contribution in [0.5, 0.6) is 0 Å². The van der Waals surface area contributed by atoms with E-state index >= 15 is 0 Å². The fraction of sp³-hybridized carbons (Fsp3) is 0.588. The van der Waals surface area contributed by atoms with Gasteiger partial charge in [-0.25, -0.2) is 4.79 Å². The van der Waals surface area contributed by atoms with Gasteiger partial charge in [0.2, 0.25) is 0 Å². The summed E-state index contributed by atoms with van der Waals surface area (Å²) in [5.74, 6) is 0. The van der Waals surface area contributed by atoms with Crippen molar-refractivity contribution in [1.29, 1.82) is 0 Å². The average Bonchev–Trinajstić information content (AvgIpc) is 2.32. The number of nitrogens with one attached hydrogen (secondary N) is 2. The van der Waals surface area contributed by atoms with E-state index in [-0.39, 0.29) is 0 Å². The topological polar surface area (TPSA) is 50.4 Å². The number of carbonyl (C=O) groups is 1. The molecule has 0 aliphatic heterocycles. The average molecular weight is 290 g/mol. The van der Waals surface area contributed by atoms with E-state index in [2.05, 4.69) is 17.6 Å². The van der Waals surface area contributed by atoms with Crippen molar-refractivity contribution in [3.63, 3.8) is 0 Å². The minimum atomic E-state index is -0.481. The van der Waals surface area contributed by atoms with E-state index in [4.69, 9.17) is 4.74 Å². The summed E-state index contributed by atoms with van der Waals surface area (Å²) in [4.78, 5) is 11.7. The highest BCUT2D eigenvalue weighted by molar-refractivity contribution is 5.84. The van der Waals surface area contributed by atoms with Gasteiger partial charge in [0.15, 0.2) is 0 Å². The van der Waals surface area contributed by atoms with Crippen molar-refractivity contribution in [3.05, 3.63) is 29.8 Å². The molecular weight excluding hydrogens is 264 g/mol. The van der Waals surface area contributed by atoms with Crippen molar-refractivity contribution < 1.29 is 9.53 Å². The van der Waals surface area contributed by atoms with Crippen LogP contribution in [-0.2, 0) is 4.74 Å². The van der Waals surface area contributed by atoms with Crippen molar-refractivity contribution in [2.75, 3.05) is 5.32 Å². The molecule has 1 unspecified atom stereocenters. The van der Waals surface area contributed by atoms with Crippen LogP contribution >= 0.6 is 0 Å². The molecule has 21 heavy (non-hydrogen) atoms. The van der Waals surface area contributed by atoms with Crippen LogP contribution in [0.4, 0.5) is 10.5 Å². The molecule has 0 spiro atoms. The number of ether oxygens (including phenoxy) is 1. The molecule has 1 atom stereocenters. The van der Waals surface area contributed by atoms with Crippen molar-refractivity contribution in [1.82, 2.24) is 5.32 Å². The standard InChI is InChI=1S/C17H26N2O2/c1-12(18-14-6-5-7-14)13-8-10-15(11-9-13)19-16(20)21-17(2,3)4/h8-12,14,18H,5-7H2,1-4H3,(H,19,20). The van der Waals surface area contributed by atoms with E-state index in [9.17, 15) is 4.79 Å². The first kappa shape index (κ1) is 15.8. The molecule has 2 rings (SSSR count). The summed E-state index contributed by atoms with van der Waals surface area (Å²) >= 11 is 0. The van der Waals surface area contributed by atoms with Gasteiger partial charge in [-0.15, -0.1) is 0 Å². The molecule has 1 fully saturated rings. The highest BCUT2D eigenvalue weighted by Gasteiger charge is 2.20. The molecule has 4 heteroatoms. The summed E-state index contributed by atoms with van der Waals surface area (Å²) in [7, 11) is 0. The Morgan fingerprint density at radius 3 is 2.33 bits per heavy atom. The number of anilines is 1. The molecule has 0 bridgehead atoms. The van der Waals surface area contributed by atoms with Crippen molar-refractivity contribution in [3.8, 4) is 0 Å². The largest absolute Gasteiger partial charge is 0.444 e. The van der Waals surface area contributed by atoms with Crippen LogP contribution in [-0.4, -0.2) is 17.7 Å². The van der Waals surface area contributed by atoms with Gasteiger partial charge in [0.25, 0.3) is 0 Å². The van der Waals surface area contributed by atoms with Crippen LogP contribution in [0, 0.1) is 0 Å². The predicted octanol–water partition coefficient (Wildman–Crippen LogP) is 4.24. The van der Waals surface area contributed by atoms with Crippen molar-refractivity contribution >= 4 is 11.8 Å². The molecule has 4 nitrogen and oxygen atoms in total. The first-order valence-corrected chi connectivity index (χ1v) is 7.69. The maximum absolute atomic E-state index is 11.7. The normalized spacial score (nSPS) is 17.0. The Morgan fingerprint density at radius 2 is 1.86 bits per heavy atom. The molecule has 1 aromatic carbocycles. The first-order chi connectivity index (χ1) is 9.83. The smallest absolute Gasteiger partial charge is 0.412 e. The van der Waals surface area contributed by atoms with E-state index < -0.39 is 11.7 Å². The third-order valence-electron chi connectivity index (χ3n) is 3.65. The predicted molar refractivity (Wildman–Crippen MR) is 85.5 cm³/mol. The Balaban J connectivity index is 1.87. The van der Waals surface area contributed by atoms with Crippen LogP contribution in [0.2, 0.25) is 0 Å². The summed E-state index contributed by atoms with van der Waals surface area (Å²) < 4.78 is 5.23. The number of hydrogen-bond acceptors (Lipinski definition) is 3. The van der Waals surface area contributed by atoms with E-state index in [0.29, 0.717) is 12.1 Å². The zero-order chi connectivity index (χ0) is 15.5. The maximum atomic E-state index is 11.7. The van der Waals surface area contributed by atoms with E-state index in [1.807, 2.05) is 45.0 Å². The van der Waals surface area contributed by atoms with Gasteiger partial charge >= 0.3 is 6.09 Å². The lowest BCUT2D eigenvalue weighted by Crippen LogP contribution is -2.36. The highest BCUT2D eigenvalue weighted by atomic mass is 16.6.